The first kappa shape index (κ1) is 14.4. The summed E-state index contributed by atoms with van der Waals surface area (Å²) in [4.78, 5) is 12.1. The molecule has 0 spiro atoms. The van der Waals surface area contributed by atoms with Gasteiger partial charge in [-0.05, 0) is 23.8 Å². The van der Waals surface area contributed by atoms with Gasteiger partial charge in [-0.25, -0.2) is 0 Å². The van der Waals surface area contributed by atoms with Gasteiger partial charge >= 0.3 is 0 Å². The Morgan fingerprint density at radius 1 is 1.16 bits per heavy atom. The van der Waals surface area contributed by atoms with Gasteiger partial charge in [-0.15, -0.1) is 11.6 Å². The second kappa shape index (κ2) is 6.42. The van der Waals surface area contributed by atoms with Crippen LogP contribution in [0.2, 0.25) is 5.02 Å². The predicted molar refractivity (Wildman–Crippen MR) is 82.8 cm³/mol. The van der Waals surface area contributed by atoms with Crippen LogP contribution < -0.4 is 5.32 Å². The summed E-state index contributed by atoms with van der Waals surface area (Å²) in [5, 5.41) is 2.43. The van der Waals surface area contributed by atoms with E-state index in [2.05, 4.69) is 21.2 Å². The van der Waals surface area contributed by atoms with E-state index in [1.807, 2.05) is 18.2 Å². The lowest BCUT2D eigenvalue weighted by molar-refractivity contribution is -0.116. The summed E-state index contributed by atoms with van der Waals surface area (Å²) in [5.74, 6) is -0.312. The molecule has 1 N–H and O–H groups in total. The highest BCUT2D eigenvalue weighted by atomic mass is 79.9. The fourth-order valence-corrected chi connectivity index (χ4v) is 2.29. The van der Waals surface area contributed by atoms with Crippen LogP contribution in [0.25, 0.3) is 0 Å². The number of carbonyl (C=O) groups excluding carboxylic acids is 1. The van der Waals surface area contributed by atoms with Gasteiger partial charge in [-0.1, -0.05) is 57.9 Å². The molecule has 0 bridgehead atoms. The summed E-state index contributed by atoms with van der Waals surface area (Å²) in [6, 6.07) is 14.4. The van der Waals surface area contributed by atoms with E-state index < -0.39 is 5.38 Å². The maximum absolute atomic E-state index is 12.1. The van der Waals surface area contributed by atoms with Crippen molar-refractivity contribution < 1.29 is 4.79 Å². The number of alkyl halides is 1. The average Bonchev–Trinajstić information content (AvgIpc) is 2.43. The molecular formula is C14H10BrCl2NO. The van der Waals surface area contributed by atoms with Crippen LogP contribution in [0, 0.1) is 0 Å². The SMILES string of the molecule is O=C(Nc1cc(Br)ccc1Cl)C(Cl)c1ccccc1. The number of nitrogens with one attached hydrogen (secondary N) is 1. The van der Waals surface area contributed by atoms with E-state index in [1.54, 1.807) is 30.3 Å². The third-order valence-corrected chi connectivity index (χ3v) is 3.78. The van der Waals surface area contributed by atoms with E-state index in [1.165, 1.54) is 0 Å². The molecule has 0 aliphatic carbocycles. The standard InChI is InChI=1S/C14H10BrCl2NO/c15-10-6-7-11(16)12(8-10)18-14(19)13(17)9-4-2-1-3-5-9/h1-8,13H,(H,18,19). The maximum Gasteiger partial charge on any atom is 0.247 e. The molecule has 0 saturated carbocycles. The van der Waals surface area contributed by atoms with Gasteiger partial charge in [0.1, 0.15) is 5.38 Å². The van der Waals surface area contributed by atoms with Gasteiger partial charge in [0.25, 0.3) is 0 Å². The molecule has 2 nitrogen and oxygen atoms in total. The van der Waals surface area contributed by atoms with Crippen molar-refractivity contribution in [3.63, 3.8) is 0 Å². The lowest BCUT2D eigenvalue weighted by atomic mass is 10.1. The van der Waals surface area contributed by atoms with Crippen molar-refractivity contribution in [1.82, 2.24) is 0 Å². The highest BCUT2D eigenvalue weighted by Crippen LogP contribution is 2.28. The Morgan fingerprint density at radius 2 is 1.84 bits per heavy atom. The van der Waals surface area contributed by atoms with Crippen molar-refractivity contribution in [1.29, 1.82) is 0 Å². The number of anilines is 1. The minimum Gasteiger partial charge on any atom is -0.323 e. The van der Waals surface area contributed by atoms with E-state index in [-0.39, 0.29) is 5.91 Å². The van der Waals surface area contributed by atoms with Crippen molar-refractivity contribution in [3.8, 4) is 0 Å². The van der Waals surface area contributed by atoms with Crippen molar-refractivity contribution in [2.24, 2.45) is 0 Å². The van der Waals surface area contributed by atoms with Crippen molar-refractivity contribution in [2.75, 3.05) is 5.32 Å². The van der Waals surface area contributed by atoms with Crippen LogP contribution in [0.15, 0.2) is 53.0 Å². The summed E-state index contributed by atoms with van der Waals surface area (Å²) in [6.45, 7) is 0. The zero-order valence-electron chi connectivity index (χ0n) is 9.74. The number of rotatable bonds is 3. The van der Waals surface area contributed by atoms with Gasteiger partial charge in [0.15, 0.2) is 0 Å². The lowest BCUT2D eigenvalue weighted by Crippen LogP contribution is -2.17. The summed E-state index contributed by atoms with van der Waals surface area (Å²) in [7, 11) is 0. The Labute approximate surface area is 129 Å². The Kier molecular flexibility index (Phi) is 4.86. The molecule has 0 radical (unpaired) electrons. The van der Waals surface area contributed by atoms with Crippen LogP contribution in [-0.2, 0) is 4.79 Å². The number of carbonyl (C=O) groups is 1. The van der Waals surface area contributed by atoms with Gasteiger partial charge in [-0.3, -0.25) is 4.79 Å². The van der Waals surface area contributed by atoms with Crippen LogP contribution in [0.1, 0.15) is 10.9 Å². The molecule has 2 aromatic rings. The Balaban J connectivity index is 2.15. The van der Waals surface area contributed by atoms with Gasteiger partial charge in [-0.2, -0.15) is 0 Å². The largest absolute Gasteiger partial charge is 0.323 e. The molecule has 0 saturated heterocycles. The minimum absolute atomic E-state index is 0.312. The van der Waals surface area contributed by atoms with E-state index in [0.717, 1.165) is 10.0 Å². The summed E-state index contributed by atoms with van der Waals surface area (Å²) in [5.41, 5.74) is 1.27. The van der Waals surface area contributed by atoms with Crippen LogP contribution in [-0.4, -0.2) is 5.91 Å². The van der Waals surface area contributed by atoms with Gasteiger partial charge in [0, 0.05) is 4.47 Å². The fraction of sp³-hybridized carbons (Fsp3) is 0.0714. The molecule has 98 valence electrons. The van der Waals surface area contributed by atoms with Gasteiger partial charge in [0.05, 0.1) is 10.7 Å². The van der Waals surface area contributed by atoms with Gasteiger partial charge < -0.3 is 5.32 Å². The van der Waals surface area contributed by atoms with Crippen LogP contribution in [0.5, 0.6) is 0 Å². The highest BCUT2D eigenvalue weighted by Gasteiger charge is 2.18. The van der Waals surface area contributed by atoms with E-state index in [9.17, 15) is 4.79 Å². The second-order valence-corrected chi connectivity index (χ2v) is 5.65. The Hall–Kier alpha value is -1.03. The number of halogens is 3. The Morgan fingerprint density at radius 3 is 2.53 bits per heavy atom. The summed E-state index contributed by atoms with van der Waals surface area (Å²) in [6.07, 6.45) is 0. The first-order valence-electron chi connectivity index (χ1n) is 5.53. The molecule has 0 aliphatic rings. The molecule has 1 amide bonds. The quantitative estimate of drug-likeness (QED) is 0.766. The molecule has 1 unspecified atom stereocenters. The van der Waals surface area contributed by atoms with E-state index >= 15 is 0 Å². The highest BCUT2D eigenvalue weighted by molar-refractivity contribution is 9.10. The average molecular weight is 359 g/mol. The molecule has 5 heteroatoms. The normalized spacial score (nSPS) is 11.9. The zero-order valence-corrected chi connectivity index (χ0v) is 12.8. The number of amides is 1. The van der Waals surface area contributed by atoms with Crippen molar-refractivity contribution in [2.45, 2.75) is 5.38 Å². The number of benzene rings is 2. The molecule has 19 heavy (non-hydrogen) atoms. The first-order valence-corrected chi connectivity index (χ1v) is 7.13. The lowest BCUT2D eigenvalue weighted by Gasteiger charge is -2.12. The van der Waals surface area contributed by atoms with Crippen molar-refractivity contribution in [3.05, 3.63) is 63.6 Å². The fourth-order valence-electron chi connectivity index (χ4n) is 1.56. The molecule has 1 atom stereocenters. The van der Waals surface area contributed by atoms with Crippen LogP contribution in [0.4, 0.5) is 5.69 Å². The molecule has 2 rings (SSSR count). The summed E-state index contributed by atoms with van der Waals surface area (Å²) < 4.78 is 0.832. The van der Waals surface area contributed by atoms with Crippen molar-refractivity contribution >= 4 is 50.7 Å². The van der Waals surface area contributed by atoms with E-state index in [4.69, 9.17) is 23.2 Å². The van der Waals surface area contributed by atoms with Gasteiger partial charge in [0.2, 0.25) is 5.91 Å². The molecule has 2 aromatic carbocycles. The first-order chi connectivity index (χ1) is 9.08. The van der Waals surface area contributed by atoms with Crippen LogP contribution in [0.3, 0.4) is 0 Å². The minimum atomic E-state index is -0.753. The predicted octanol–water partition coefficient (Wildman–Crippen LogP) is 5.02. The topological polar surface area (TPSA) is 29.1 Å². The number of hydrogen-bond acceptors (Lipinski definition) is 1. The maximum atomic E-state index is 12.1. The zero-order chi connectivity index (χ0) is 13.8. The smallest absolute Gasteiger partial charge is 0.247 e. The van der Waals surface area contributed by atoms with Crippen LogP contribution >= 0.6 is 39.1 Å². The second-order valence-electron chi connectivity index (χ2n) is 3.89. The van der Waals surface area contributed by atoms with E-state index in [0.29, 0.717) is 10.7 Å². The molecule has 0 aromatic heterocycles. The molecule has 0 fully saturated rings. The number of hydrogen-bond donors (Lipinski definition) is 1. The molecular weight excluding hydrogens is 349 g/mol. The molecule has 0 heterocycles. The molecule has 0 aliphatic heterocycles. The Bertz CT molecular complexity index is 589. The third-order valence-electron chi connectivity index (χ3n) is 2.51. The summed E-state index contributed by atoms with van der Waals surface area (Å²) >= 11 is 15.5. The third kappa shape index (κ3) is 3.72. The monoisotopic (exact) mass is 357 g/mol.